The van der Waals surface area contributed by atoms with Crippen molar-refractivity contribution in [3.8, 4) is 11.3 Å². The van der Waals surface area contributed by atoms with Crippen LogP contribution in [-0.4, -0.2) is 52.6 Å². The lowest BCUT2D eigenvalue weighted by Gasteiger charge is -2.33. The highest BCUT2D eigenvalue weighted by atomic mass is 16.5. The first-order valence-electron chi connectivity index (χ1n) is 8.80. The molecule has 1 aliphatic heterocycles. The zero-order valence-corrected chi connectivity index (χ0v) is 15.0. The van der Waals surface area contributed by atoms with Crippen molar-refractivity contribution in [1.29, 1.82) is 0 Å². The van der Waals surface area contributed by atoms with Gasteiger partial charge in [0.1, 0.15) is 11.6 Å². The minimum absolute atomic E-state index is 0.456. The average Bonchev–Trinajstić information content (AvgIpc) is 3.13. The molecule has 0 bridgehead atoms. The van der Waals surface area contributed by atoms with E-state index in [1.807, 2.05) is 43.3 Å². The molecule has 3 heterocycles. The zero-order valence-electron chi connectivity index (χ0n) is 15.0. The van der Waals surface area contributed by atoms with Gasteiger partial charge in [-0.15, -0.1) is 0 Å². The summed E-state index contributed by atoms with van der Waals surface area (Å²) in [5.74, 6) is 2.55. The number of carbonyl (C=O) groups excluding carboxylic acids is 1. The van der Waals surface area contributed by atoms with E-state index in [-0.39, 0.29) is 0 Å². The maximum absolute atomic E-state index is 11.0. The number of benzene rings is 1. The van der Waals surface area contributed by atoms with Crippen LogP contribution in [0.15, 0.2) is 47.0 Å². The highest BCUT2D eigenvalue weighted by Crippen LogP contribution is 2.25. The largest absolute Gasteiger partial charge is 0.360 e. The zero-order chi connectivity index (χ0) is 18.6. The Kier molecular flexibility index (Phi) is 4.69. The predicted octanol–water partition coefficient (Wildman–Crippen LogP) is 2.46. The summed E-state index contributed by atoms with van der Waals surface area (Å²) in [6, 6.07) is 13.7. The molecule has 0 saturated carbocycles. The molecule has 0 radical (unpaired) electrons. The molecule has 1 aromatic carbocycles. The fourth-order valence-electron chi connectivity index (χ4n) is 3.01. The van der Waals surface area contributed by atoms with Crippen molar-refractivity contribution in [2.45, 2.75) is 6.92 Å². The van der Waals surface area contributed by atoms with Gasteiger partial charge in [-0.05, 0) is 6.92 Å². The van der Waals surface area contributed by atoms with Crippen LogP contribution in [0.3, 0.4) is 0 Å². The first-order valence-corrected chi connectivity index (χ1v) is 8.80. The first kappa shape index (κ1) is 17.0. The Labute approximate surface area is 156 Å². The molecule has 4 rings (SSSR count). The lowest BCUT2D eigenvalue weighted by atomic mass is 10.1. The third-order valence-corrected chi connectivity index (χ3v) is 4.44. The van der Waals surface area contributed by atoms with Crippen molar-refractivity contribution in [2.24, 2.45) is 0 Å². The molecule has 0 spiro atoms. The van der Waals surface area contributed by atoms with Gasteiger partial charge in [0, 0.05) is 43.9 Å². The van der Waals surface area contributed by atoms with Gasteiger partial charge in [-0.1, -0.05) is 35.5 Å². The van der Waals surface area contributed by atoms with Gasteiger partial charge in [0.2, 0.25) is 12.4 Å². The van der Waals surface area contributed by atoms with Crippen LogP contribution in [-0.2, 0) is 4.79 Å². The predicted molar refractivity (Wildman–Crippen MR) is 102 cm³/mol. The molecule has 1 aliphatic rings. The maximum atomic E-state index is 11.0. The van der Waals surface area contributed by atoms with Gasteiger partial charge in [-0.2, -0.15) is 4.98 Å². The molecule has 8 heteroatoms. The Balaban J connectivity index is 1.67. The molecule has 8 nitrogen and oxygen atoms in total. The van der Waals surface area contributed by atoms with Crippen LogP contribution in [0.5, 0.6) is 0 Å². The number of hydrogen-bond acceptors (Lipinski definition) is 7. The molecule has 1 N–H and O–H groups in total. The van der Waals surface area contributed by atoms with Crippen molar-refractivity contribution in [2.75, 3.05) is 36.4 Å². The van der Waals surface area contributed by atoms with Crippen molar-refractivity contribution >= 4 is 24.0 Å². The number of nitrogens with zero attached hydrogens (tertiary/aromatic N) is 5. The summed E-state index contributed by atoms with van der Waals surface area (Å²) in [7, 11) is 0. The van der Waals surface area contributed by atoms with Gasteiger partial charge in [0.25, 0.3) is 0 Å². The van der Waals surface area contributed by atoms with Gasteiger partial charge in [-0.25, -0.2) is 4.98 Å². The van der Waals surface area contributed by atoms with E-state index in [0.717, 1.165) is 36.6 Å². The number of piperazine rings is 1. The highest BCUT2D eigenvalue weighted by Gasteiger charge is 2.19. The number of anilines is 3. The Bertz CT molecular complexity index is 919. The van der Waals surface area contributed by atoms with E-state index in [9.17, 15) is 4.79 Å². The molecule has 3 aromatic rings. The van der Waals surface area contributed by atoms with Crippen LogP contribution in [0.1, 0.15) is 5.76 Å². The normalized spacial score (nSPS) is 14.3. The fraction of sp³-hybridized carbons (Fsp3) is 0.263. The molecule has 0 atom stereocenters. The van der Waals surface area contributed by atoms with E-state index >= 15 is 0 Å². The Morgan fingerprint density at radius 2 is 1.85 bits per heavy atom. The van der Waals surface area contributed by atoms with Crippen LogP contribution in [0.4, 0.5) is 17.6 Å². The SMILES string of the molecule is Cc1cc(Nc2nc(-c3ccccc3)cc(N3CCN(C=O)CC3)n2)no1. The van der Waals surface area contributed by atoms with Crippen LogP contribution in [0.2, 0.25) is 0 Å². The van der Waals surface area contributed by atoms with Crippen molar-refractivity contribution in [1.82, 2.24) is 20.0 Å². The molecule has 1 saturated heterocycles. The topological polar surface area (TPSA) is 87.4 Å². The monoisotopic (exact) mass is 364 g/mol. The first-order chi connectivity index (χ1) is 13.2. The van der Waals surface area contributed by atoms with E-state index in [1.165, 1.54) is 0 Å². The smallest absolute Gasteiger partial charge is 0.231 e. The molecule has 1 fully saturated rings. The van der Waals surface area contributed by atoms with Crippen LogP contribution >= 0.6 is 0 Å². The molecular weight excluding hydrogens is 344 g/mol. The summed E-state index contributed by atoms with van der Waals surface area (Å²) in [5.41, 5.74) is 1.83. The maximum Gasteiger partial charge on any atom is 0.231 e. The molecule has 2 aromatic heterocycles. The summed E-state index contributed by atoms with van der Waals surface area (Å²) in [4.78, 5) is 24.2. The van der Waals surface area contributed by atoms with E-state index in [2.05, 4.69) is 25.3 Å². The second-order valence-corrected chi connectivity index (χ2v) is 6.38. The molecule has 0 unspecified atom stereocenters. The van der Waals surface area contributed by atoms with Crippen LogP contribution in [0, 0.1) is 6.92 Å². The number of nitrogens with one attached hydrogen (secondary N) is 1. The van der Waals surface area contributed by atoms with Gasteiger partial charge in [-0.3, -0.25) is 4.79 Å². The molecule has 138 valence electrons. The molecule has 27 heavy (non-hydrogen) atoms. The van der Waals surface area contributed by atoms with E-state index in [1.54, 1.807) is 11.0 Å². The van der Waals surface area contributed by atoms with E-state index < -0.39 is 0 Å². The third kappa shape index (κ3) is 3.89. The number of aromatic nitrogens is 3. The quantitative estimate of drug-likeness (QED) is 0.696. The second kappa shape index (κ2) is 7.45. The van der Waals surface area contributed by atoms with Gasteiger partial charge < -0.3 is 19.6 Å². The lowest BCUT2D eigenvalue weighted by molar-refractivity contribution is -0.118. The van der Waals surface area contributed by atoms with Gasteiger partial charge in [0.15, 0.2) is 5.82 Å². The summed E-state index contributed by atoms with van der Waals surface area (Å²) in [5, 5.41) is 7.07. The van der Waals surface area contributed by atoms with Gasteiger partial charge in [0.05, 0.1) is 5.69 Å². The Morgan fingerprint density at radius 3 is 2.52 bits per heavy atom. The van der Waals surface area contributed by atoms with Crippen molar-refractivity contribution in [3.05, 3.63) is 48.2 Å². The molecular formula is C19H20N6O2. The minimum atomic E-state index is 0.456. The van der Waals surface area contributed by atoms with Crippen molar-refractivity contribution in [3.63, 3.8) is 0 Å². The number of hydrogen-bond donors (Lipinski definition) is 1. The Hall–Kier alpha value is -3.42. The van der Waals surface area contributed by atoms with E-state index in [0.29, 0.717) is 30.6 Å². The number of aryl methyl sites for hydroxylation is 1. The Morgan fingerprint density at radius 1 is 1.07 bits per heavy atom. The summed E-state index contributed by atoms with van der Waals surface area (Å²) >= 11 is 0. The fourth-order valence-corrected chi connectivity index (χ4v) is 3.01. The van der Waals surface area contributed by atoms with Crippen molar-refractivity contribution < 1.29 is 9.32 Å². The van der Waals surface area contributed by atoms with Crippen LogP contribution in [0.25, 0.3) is 11.3 Å². The molecule has 1 amide bonds. The number of rotatable bonds is 5. The van der Waals surface area contributed by atoms with Crippen LogP contribution < -0.4 is 10.2 Å². The number of carbonyl (C=O) groups is 1. The lowest BCUT2D eigenvalue weighted by Crippen LogP contribution is -2.46. The highest BCUT2D eigenvalue weighted by molar-refractivity contribution is 5.66. The third-order valence-electron chi connectivity index (χ3n) is 4.44. The standard InChI is InChI=1S/C19H20N6O2/c1-14-11-17(23-27-14)21-19-20-16(15-5-3-2-4-6-15)12-18(22-19)25-9-7-24(13-26)8-10-25/h2-6,11-13H,7-10H2,1H3,(H,20,21,22,23). The molecule has 0 aliphatic carbocycles. The summed E-state index contributed by atoms with van der Waals surface area (Å²) in [6.45, 7) is 4.65. The average molecular weight is 364 g/mol. The minimum Gasteiger partial charge on any atom is -0.360 e. The number of amides is 1. The van der Waals surface area contributed by atoms with Gasteiger partial charge >= 0.3 is 0 Å². The second-order valence-electron chi connectivity index (χ2n) is 6.38. The summed E-state index contributed by atoms with van der Waals surface area (Å²) < 4.78 is 5.11. The summed E-state index contributed by atoms with van der Waals surface area (Å²) in [6.07, 6.45) is 0.895. The van der Waals surface area contributed by atoms with E-state index in [4.69, 9.17) is 4.52 Å².